The summed E-state index contributed by atoms with van der Waals surface area (Å²) in [6, 6.07) is 0. The molecule has 0 radical (unpaired) electrons. The third-order valence-electron chi connectivity index (χ3n) is 3.06. The molecule has 0 N–H and O–H groups in total. The zero-order valence-corrected chi connectivity index (χ0v) is 16.4. The fourth-order valence-corrected chi connectivity index (χ4v) is 3.20. The van der Waals surface area contributed by atoms with Crippen LogP contribution < -0.4 is 0 Å². The van der Waals surface area contributed by atoms with E-state index in [1.54, 1.807) is 0 Å². The van der Waals surface area contributed by atoms with Crippen molar-refractivity contribution in [2.45, 2.75) is 38.7 Å². The number of carbonyl (C=O) groups is 3. The summed E-state index contributed by atoms with van der Waals surface area (Å²) in [5.74, 6) is -1.22. The Morgan fingerprint density at radius 3 is 2.67 bits per heavy atom. The van der Waals surface area contributed by atoms with E-state index in [-0.39, 0.29) is 18.6 Å². The first-order chi connectivity index (χ1) is 11.4. The number of allylic oxidation sites excluding steroid dienone is 1. The van der Waals surface area contributed by atoms with Gasteiger partial charge < -0.3 is 14.2 Å². The zero-order valence-electron chi connectivity index (χ0n) is 13.2. The summed E-state index contributed by atoms with van der Waals surface area (Å²) in [5.41, 5.74) is 0.286. The van der Waals surface area contributed by atoms with Gasteiger partial charge in [-0.25, -0.2) is 9.59 Å². The molecule has 1 aliphatic heterocycles. The largest absolute Gasteiger partial charge is 0.463 e. The summed E-state index contributed by atoms with van der Waals surface area (Å²) in [6.07, 6.45) is 1.98. The fraction of sp³-hybridized carbons (Fsp3) is 0.438. The van der Waals surface area contributed by atoms with E-state index >= 15 is 0 Å². The van der Waals surface area contributed by atoms with Crippen molar-refractivity contribution in [1.82, 2.24) is 0 Å². The van der Waals surface area contributed by atoms with E-state index in [9.17, 15) is 14.4 Å². The van der Waals surface area contributed by atoms with E-state index in [0.29, 0.717) is 23.1 Å². The maximum atomic E-state index is 12.0. The molecule has 0 aromatic heterocycles. The molecule has 1 unspecified atom stereocenters. The van der Waals surface area contributed by atoms with E-state index < -0.39 is 24.0 Å². The van der Waals surface area contributed by atoms with Crippen LogP contribution in [-0.2, 0) is 28.6 Å². The van der Waals surface area contributed by atoms with E-state index in [1.807, 2.05) is 6.92 Å². The van der Waals surface area contributed by atoms with Crippen molar-refractivity contribution in [3.63, 3.8) is 0 Å². The molecule has 0 aliphatic carbocycles. The molecular weight excluding hydrogens is 448 g/mol. The molecule has 0 amide bonds. The van der Waals surface area contributed by atoms with Gasteiger partial charge in [-0.1, -0.05) is 35.9 Å². The quantitative estimate of drug-likeness (QED) is 0.224. The van der Waals surface area contributed by atoms with Crippen molar-refractivity contribution in [2.24, 2.45) is 0 Å². The summed E-state index contributed by atoms with van der Waals surface area (Å²) >= 11 is 6.41. The average Bonchev–Trinajstić information content (AvgIpc) is 2.84. The van der Waals surface area contributed by atoms with Gasteiger partial charge in [0.25, 0.3) is 0 Å². The van der Waals surface area contributed by atoms with Crippen LogP contribution in [0.4, 0.5) is 0 Å². The molecule has 0 aromatic rings. The molecule has 0 spiro atoms. The Morgan fingerprint density at radius 1 is 1.42 bits per heavy atom. The van der Waals surface area contributed by atoms with Crippen LogP contribution in [0.1, 0.15) is 32.6 Å². The van der Waals surface area contributed by atoms with E-state index in [4.69, 9.17) is 14.2 Å². The molecule has 0 fully saturated rings. The monoisotopic (exact) mass is 464 g/mol. The molecule has 1 aliphatic rings. The van der Waals surface area contributed by atoms with Crippen LogP contribution in [0.3, 0.4) is 0 Å². The lowest BCUT2D eigenvalue weighted by Gasteiger charge is -2.17. The standard InChI is InChI=1S/C16H18Br2O6/c1-3-6-10(14-15(18)11(9-17)24-16(14)21)23-13(20)7-5-8-22-12(19)4-2/h4,9-10H,2-3,5-8H2,1H3/b11-9-. The summed E-state index contributed by atoms with van der Waals surface area (Å²) in [6.45, 7) is 5.30. The van der Waals surface area contributed by atoms with E-state index in [2.05, 4.69) is 38.4 Å². The first kappa shape index (κ1) is 20.6. The van der Waals surface area contributed by atoms with Gasteiger partial charge in [0.05, 0.1) is 16.7 Å². The molecule has 0 bridgehead atoms. The van der Waals surface area contributed by atoms with Crippen LogP contribution in [0.5, 0.6) is 0 Å². The number of rotatable bonds is 9. The van der Waals surface area contributed by atoms with Gasteiger partial charge in [0, 0.05) is 17.5 Å². The van der Waals surface area contributed by atoms with Gasteiger partial charge in [-0.3, -0.25) is 4.79 Å². The normalized spacial score (nSPS) is 16.8. The van der Waals surface area contributed by atoms with Crippen molar-refractivity contribution in [2.75, 3.05) is 6.61 Å². The van der Waals surface area contributed by atoms with Gasteiger partial charge >= 0.3 is 17.9 Å². The van der Waals surface area contributed by atoms with Crippen molar-refractivity contribution in [3.05, 3.63) is 33.5 Å². The molecule has 1 atom stereocenters. The lowest BCUT2D eigenvalue weighted by molar-refractivity contribution is -0.150. The van der Waals surface area contributed by atoms with Crippen LogP contribution in [-0.4, -0.2) is 30.6 Å². The smallest absolute Gasteiger partial charge is 0.344 e. The van der Waals surface area contributed by atoms with Gasteiger partial charge in [0.1, 0.15) is 6.10 Å². The molecule has 0 saturated carbocycles. The zero-order chi connectivity index (χ0) is 18.1. The first-order valence-corrected chi connectivity index (χ1v) is 9.06. The summed E-state index contributed by atoms with van der Waals surface area (Å²) in [7, 11) is 0. The minimum absolute atomic E-state index is 0.0751. The Bertz CT molecular complexity index is 579. The van der Waals surface area contributed by atoms with Crippen LogP contribution in [0.15, 0.2) is 33.5 Å². The van der Waals surface area contributed by atoms with Crippen molar-refractivity contribution in [3.8, 4) is 0 Å². The Morgan fingerprint density at radius 2 is 2.12 bits per heavy atom. The van der Waals surface area contributed by atoms with Crippen LogP contribution in [0.25, 0.3) is 0 Å². The molecule has 0 aromatic carbocycles. The van der Waals surface area contributed by atoms with Crippen LogP contribution in [0, 0.1) is 0 Å². The van der Waals surface area contributed by atoms with Crippen molar-refractivity contribution in [1.29, 1.82) is 0 Å². The Kier molecular flexibility index (Phi) is 8.99. The number of esters is 3. The number of hydrogen-bond donors (Lipinski definition) is 0. The molecule has 8 heteroatoms. The summed E-state index contributed by atoms with van der Waals surface area (Å²) < 4.78 is 15.7. The SMILES string of the molecule is C=CC(=O)OCCCC(=O)OC(CCC)C1=C(Br)/C(=C/Br)OC1=O. The molecule has 24 heavy (non-hydrogen) atoms. The molecule has 6 nitrogen and oxygen atoms in total. The van der Waals surface area contributed by atoms with Gasteiger partial charge in [-0.15, -0.1) is 0 Å². The van der Waals surface area contributed by atoms with E-state index in [1.165, 1.54) is 4.99 Å². The predicted octanol–water partition coefficient (Wildman–Crippen LogP) is 3.65. The predicted molar refractivity (Wildman–Crippen MR) is 94.2 cm³/mol. The molecule has 1 heterocycles. The van der Waals surface area contributed by atoms with Gasteiger partial charge in [-0.2, -0.15) is 0 Å². The molecule has 0 saturated heterocycles. The molecular formula is C16H18Br2O6. The number of carbonyl (C=O) groups excluding carboxylic acids is 3. The highest BCUT2D eigenvalue weighted by Gasteiger charge is 2.35. The first-order valence-electron chi connectivity index (χ1n) is 7.35. The van der Waals surface area contributed by atoms with Gasteiger partial charge in [0.15, 0.2) is 5.76 Å². The minimum Gasteiger partial charge on any atom is -0.463 e. The lowest BCUT2D eigenvalue weighted by Crippen LogP contribution is -2.24. The van der Waals surface area contributed by atoms with Gasteiger partial charge in [-0.05, 0) is 28.8 Å². The summed E-state index contributed by atoms with van der Waals surface area (Å²) in [4.78, 5) is 36.3. The van der Waals surface area contributed by atoms with Gasteiger partial charge in [0.2, 0.25) is 0 Å². The molecule has 132 valence electrons. The second-order valence-electron chi connectivity index (χ2n) is 4.83. The fourth-order valence-electron chi connectivity index (χ4n) is 1.96. The third kappa shape index (κ3) is 5.90. The van der Waals surface area contributed by atoms with Crippen molar-refractivity contribution < 1.29 is 28.6 Å². The number of halogens is 2. The molecule has 1 rings (SSSR count). The highest BCUT2D eigenvalue weighted by molar-refractivity contribution is 9.12. The summed E-state index contributed by atoms with van der Waals surface area (Å²) in [5, 5.41) is 0. The maximum absolute atomic E-state index is 12.0. The van der Waals surface area contributed by atoms with Crippen LogP contribution >= 0.6 is 31.9 Å². The third-order valence-corrected chi connectivity index (χ3v) is 4.29. The maximum Gasteiger partial charge on any atom is 0.344 e. The van der Waals surface area contributed by atoms with E-state index in [0.717, 1.165) is 12.5 Å². The second kappa shape index (κ2) is 10.5. The lowest BCUT2D eigenvalue weighted by atomic mass is 10.1. The minimum atomic E-state index is -0.690. The number of ether oxygens (including phenoxy) is 3. The second-order valence-corrected chi connectivity index (χ2v) is 6.08. The highest BCUT2D eigenvalue weighted by atomic mass is 79.9. The Balaban J connectivity index is 2.65. The Hall–Kier alpha value is -1.41. The average molecular weight is 466 g/mol. The Labute approximate surface area is 157 Å². The highest BCUT2D eigenvalue weighted by Crippen LogP contribution is 2.35. The number of cyclic esters (lactones) is 1. The van der Waals surface area contributed by atoms with Crippen LogP contribution in [0.2, 0.25) is 0 Å². The topological polar surface area (TPSA) is 78.9 Å². The number of hydrogen-bond acceptors (Lipinski definition) is 6. The van der Waals surface area contributed by atoms with Crippen molar-refractivity contribution >= 4 is 49.8 Å².